The number of nitriles is 1. The molecule has 2 saturated carbocycles. The highest BCUT2D eigenvalue weighted by Gasteiger charge is 2.43. The molecular formula is C12H18N2O2. The van der Waals surface area contributed by atoms with Gasteiger partial charge in [-0.05, 0) is 32.1 Å². The summed E-state index contributed by atoms with van der Waals surface area (Å²) in [6.07, 6.45) is 5.76. The number of aliphatic hydroxyl groups is 1. The van der Waals surface area contributed by atoms with E-state index in [0.29, 0.717) is 19.4 Å². The summed E-state index contributed by atoms with van der Waals surface area (Å²) in [6, 6.07) is 2.16. The van der Waals surface area contributed by atoms with E-state index in [4.69, 9.17) is 5.26 Å². The van der Waals surface area contributed by atoms with Crippen LogP contribution >= 0.6 is 0 Å². The Morgan fingerprint density at radius 3 is 2.31 bits per heavy atom. The van der Waals surface area contributed by atoms with Crippen LogP contribution in [0.5, 0.6) is 0 Å². The number of hydrogen-bond donors (Lipinski definition) is 2. The van der Waals surface area contributed by atoms with Gasteiger partial charge in [-0.3, -0.25) is 4.79 Å². The lowest BCUT2D eigenvalue weighted by molar-refractivity contribution is -0.130. The minimum Gasteiger partial charge on any atom is -0.388 e. The van der Waals surface area contributed by atoms with E-state index in [1.165, 1.54) is 0 Å². The van der Waals surface area contributed by atoms with E-state index in [2.05, 4.69) is 11.4 Å². The fraction of sp³-hybridized carbons (Fsp3) is 0.833. The van der Waals surface area contributed by atoms with Crippen LogP contribution in [-0.4, -0.2) is 23.2 Å². The van der Waals surface area contributed by atoms with Gasteiger partial charge in [-0.25, -0.2) is 0 Å². The van der Waals surface area contributed by atoms with Gasteiger partial charge in [0.15, 0.2) is 0 Å². The Balaban J connectivity index is 1.89. The molecule has 0 heterocycles. The summed E-state index contributed by atoms with van der Waals surface area (Å²) in [7, 11) is 0. The molecule has 16 heavy (non-hydrogen) atoms. The third-order valence-electron chi connectivity index (χ3n) is 3.97. The summed E-state index contributed by atoms with van der Waals surface area (Å²) in [5, 5.41) is 21.7. The maximum Gasteiger partial charge on any atom is 0.240 e. The molecule has 1 amide bonds. The molecule has 0 aromatic heterocycles. The molecule has 0 atom stereocenters. The summed E-state index contributed by atoms with van der Waals surface area (Å²) < 4.78 is 0. The van der Waals surface area contributed by atoms with Crippen molar-refractivity contribution in [3.05, 3.63) is 0 Å². The van der Waals surface area contributed by atoms with E-state index in [0.717, 1.165) is 32.1 Å². The number of nitrogens with zero attached hydrogens (tertiary/aromatic N) is 1. The topological polar surface area (TPSA) is 73.1 Å². The van der Waals surface area contributed by atoms with Crippen molar-refractivity contribution in [2.75, 3.05) is 6.54 Å². The predicted octanol–water partition coefficient (Wildman–Crippen LogP) is 1.10. The molecule has 0 bridgehead atoms. The normalized spacial score (nSPS) is 25.5. The average molecular weight is 222 g/mol. The molecule has 0 aromatic carbocycles. The Morgan fingerprint density at radius 1 is 1.25 bits per heavy atom. The van der Waals surface area contributed by atoms with Crippen LogP contribution in [0.25, 0.3) is 0 Å². The van der Waals surface area contributed by atoms with Gasteiger partial charge >= 0.3 is 0 Å². The molecule has 0 aliphatic heterocycles. The van der Waals surface area contributed by atoms with Gasteiger partial charge in [0.1, 0.15) is 5.41 Å². The highest BCUT2D eigenvalue weighted by Crippen LogP contribution is 2.38. The van der Waals surface area contributed by atoms with Crippen molar-refractivity contribution in [2.45, 2.75) is 50.5 Å². The standard InChI is InChI=1S/C12H18N2O2/c13-8-11(4-1-2-5-11)10(15)14-9-12(16)6-3-7-12/h16H,1-7,9H2,(H,14,15). The lowest BCUT2D eigenvalue weighted by Gasteiger charge is -2.37. The Morgan fingerprint density at radius 2 is 1.88 bits per heavy atom. The Kier molecular flexibility index (Phi) is 2.90. The van der Waals surface area contributed by atoms with Crippen molar-refractivity contribution in [2.24, 2.45) is 5.41 Å². The van der Waals surface area contributed by atoms with Crippen molar-refractivity contribution in [3.63, 3.8) is 0 Å². The minimum absolute atomic E-state index is 0.187. The Hall–Kier alpha value is -1.08. The summed E-state index contributed by atoms with van der Waals surface area (Å²) in [5.74, 6) is -0.187. The molecule has 0 saturated heterocycles. The third kappa shape index (κ3) is 1.92. The van der Waals surface area contributed by atoms with Crippen molar-refractivity contribution in [3.8, 4) is 6.07 Å². The van der Waals surface area contributed by atoms with Crippen LogP contribution in [0.3, 0.4) is 0 Å². The van der Waals surface area contributed by atoms with Gasteiger partial charge in [0.2, 0.25) is 5.91 Å². The number of carbonyl (C=O) groups excluding carboxylic acids is 1. The van der Waals surface area contributed by atoms with Crippen molar-refractivity contribution < 1.29 is 9.90 Å². The van der Waals surface area contributed by atoms with Crippen LogP contribution in [0, 0.1) is 16.7 Å². The molecule has 2 N–H and O–H groups in total. The zero-order valence-electron chi connectivity index (χ0n) is 9.46. The highest BCUT2D eigenvalue weighted by molar-refractivity contribution is 5.85. The van der Waals surface area contributed by atoms with E-state index in [9.17, 15) is 9.90 Å². The van der Waals surface area contributed by atoms with Crippen molar-refractivity contribution in [1.82, 2.24) is 5.32 Å². The maximum absolute atomic E-state index is 11.9. The Labute approximate surface area is 95.6 Å². The monoisotopic (exact) mass is 222 g/mol. The lowest BCUT2D eigenvalue weighted by Crippen LogP contribution is -2.50. The first kappa shape index (κ1) is 11.4. The molecule has 4 heteroatoms. The van der Waals surface area contributed by atoms with Crippen molar-refractivity contribution >= 4 is 5.91 Å². The zero-order chi connectivity index (χ0) is 11.6. The molecule has 2 aliphatic rings. The second-order valence-electron chi connectivity index (χ2n) is 5.16. The number of carbonyl (C=O) groups is 1. The first-order chi connectivity index (χ1) is 7.60. The first-order valence-electron chi connectivity index (χ1n) is 6.02. The van der Waals surface area contributed by atoms with Gasteiger partial charge in [0.05, 0.1) is 11.7 Å². The Bertz CT molecular complexity index is 322. The molecular weight excluding hydrogens is 204 g/mol. The van der Waals surface area contributed by atoms with E-state index in [-0.39, 0.29) is 5.91 Å². The minimum atomic E-state index is -0.819. The summed E-state index contributed by atoms with van der Waals surface area (Å²) in [6.45, 7) is 0.301. The summed E-state index contributed by atoms with van der Waals surface area (Å²) in [5.41, 5.74) is -1.52. The van der Waals surface area contributed by atoms with Gasteiger partial charge < -0.3 is 10.4 Å². The second-order valence-corrected chi connectivity index (χ2v) is 5.16. The van der Waals surface area contributed by atoms with E-state index < -0.39 is 11.0 Å². The SMILES string of the molecule is N#CC1(C(=O)NCC2(O)CCC2)CCCC1. The molecule has 2 rings (SSSR count). The van der Waals surface area contributed by atoms with Crippen LogP contribution in [0.4, 0.5) is 0 Å². The molecule has 88 valence electrons. The fourth-order valence-corrected chi connectivity index (χ4v) is 2.54. The number of nitrogens with one attached hydrogen (secondary N) is 1. The van der Waals surface area contributed by atoms with E-state index in [1.807, 2.05) is 0 Å². The number of hydrogen-bond acceptors (Lipinski definition) is 3. The van der Waals surface area contributed by atoms with Crippen LogP contribution in [-0.2, 0) is 4.79 Å². The van der Waals surface area contributed by atoms with E-state index in [1.54, 1.807) is 0 Å². The number of amides is 1. The molecule has 2 aliphatic carbocycles. The predicted molar refractivity (Wildman–Crippen MR) is 58.3 cm³/mol. The van der Waals surface area contributed by atoms with Gasteiger partial charge in [-0.15, -0.1) is 0 Å². The highest BCUT2D eigenvalue weighted by atomic mass is 16.3. The molecule has 4 nitrogen and oxygen atoms in total. The van der Waals surface area contributed by atoms with Crippen LogP contribution < -0.4 is 5.32 Å². The van der Waals surface area contributed by atoms with Gasteiger partial charge in [0, 0.05) is 6.54 Å². The van der Waals surface area contributed by atoms with Crippen LogP contribution in [0.15, 0.2) is 0 Å². The summed E-state index contributed by atoms with van der Waals surface area (Å²) in [4.78, 5) is 11.9. The molecule has 0 aromatic rings. The zero-order valence-corrected chi connectivity index (χ0v) is 9.46. The number of rotatable bonds is 3. The fourth-order valence-electron chi connectivity index (χ4n) is 2.54. The average Bonchev–Trinajstić information content (AvgIpc) is 2.73. The van der Waals surface area contributed by atoms with Crippen LogP contribution in [0.2, 0.25) is 0 Å². The van der Waals surface area contributed by atoms with E-state index >= 15 is 0 Å². The largest absolute Gasteiger partial charge is 0.388 e. The van der Waals surface area contributed by atoms with Crippen molar-refractivity contribution in [1.29, 1.82) is 5.26 Å². The second kappa shape index (κ2) is 4.06. The molecule has 2 fully saturated rings. The molecule has 0 unspecified atom stereocenters. The smallest absolute Gasteiger partial charge is 0.240 e. The quantitative estimate of drug-likeness (QED) is 0.751. The molecule has 0 spiro atoms. The molecule has 0 radical (unpaired) electrons. The van der Waals surface area contributed by atoms with Crippen LogP contribution in [0.1, 0.15) is 44.9 Å². The third-order valence-corrected chi connectivity index (χ3v) is 3.97. The van der Waals surface area contributed by atoms with Gasteiger partial charge in [-0.2, -0.15) is 5.26 Å². The van der Waals surface area contributed by atoms with Gasteiger partial charge in [-0.1, -0.05) is 12.8 Å². The van der Waals surface area contributed by atoms with Gasteiger partial charge in [0.25, 0.3) is 0 Å². The maximum atomic E-state index is 11.9. The lowest BCUT2D eigenvalue weighted by atomic mass is 9.79. The first-order valence-corrected chi connectivity index (χ1v) is 6.02. The summed E-state index contributed by atoms with van der Waals surface area (Å²) >= 11 is 0.